The molecule has 3 rings (SSSR count). The maximum atomic E-state index is 11.5. The van der Waals surface area contributed by atoms with Gasteiger partial charge in [0.1, 0.15) is 18.8 Å². The Hall–Kier alpha value is -2.62. The van der Waals surface area contributed by atoms with Crippen molar-refractivity contribution in [3.8, 4) is 11.5 Å². The van der Waals surface area contributed by atoms with Crippen LogP contribution in [0.5, 0.6) is 11.5 Å². The third kappa shape index (κ3) is 3.96. The van der Waals surface area contributed by atoms with Crippen LogP contribution < -0.4 is 10.4 Å². The molecular formula is C19H22O9. The predicted molar refractivity (Wildman–Crippen MR) is 96.0 cm³/mol. The second-order valence-electron chi connectivity index (χ2n) is 7.48. The summed E-state index contributed by atoms with van der Waals surface area (Å²) in [5.41, 5.74) is -4.00. The van der Waals surface area contributed by atoms with Gasteiger partial charge in [-0.3, -0.25) is 0 Å². The molecule has 9 heteroatoms. The highest BCUT2D eigenvalue weighted by atomic mass is 16.6. The second-order valence-corrected chi connectivity index (χ2v) is 7.48. The Labute approximate surface area is 159 Å². The highest BCUT2D eigenvalue weighted by Gasteiger charge is 2.47. The monoisotopic (exact) mass is 394 g/mol. The number of hydrogen-bond donors (Lipinski definition) is 4. The second kappa shape index (κ2) is 7.08. The topological polar surface area (TPSA) is 147 Å². The van der Waals surface area contributed by atoms with Crippen LogP contribution in [-0.4, -0.2) is 56.4 Å². The lowest BCUT2D eigenvalue weighted by Crippen LogP contribution is -2.45. The molecule has 2 heterocycles. The number of carbonyl (C=O) groups is 1. The van der Waals surface area contributed by atoms with Crippen LogP contribution in [0.25, 0.3) is 11.0 Å². The van der Waals surface area contributed by atoms with Crippen LogP contribution >= 0.6 is 0 Å². The molecule has 152 valence electrons. The molecule has 9 nitrogen and oxygen atoms in total. The standard InChI is InChI=1S/C19H22O9/c1-18(24,7-11-8-19(2,25)17(23)27-11)13(20)9-26-12-5-3-10-4-6-14(21)28-16(10)15(12)22/h3-6,11,13,20,22,24-25H,7-9H2,1-2H3/t11-,13-,18-,19-/m1/s1. The molecule has 1 aromatic heterocycles. The van der Waals surface area contributed by atoms with Crippen LogP contribution in [0.1, 0.15) is 26.7 Å². The first kappa shape index (κ1) is 20.1. The number of aromatic hydroxyl groups is 1. The average molecular weight is 394 g/mol. The normalized spacial score (nSPS) is 25.3. The number of ether oxygens (including phenoxy) is 2. The maximum Gasteiger partial charge on any atom is 0.338 e. The molecule has 2 aromatic rings. The Bertz CT molecular complexity index is 944. The quantitative estimate of drug-likeness (QED) is 0.405. The Balaban J connectivity index is 1.67. The highest BCUT2D eigenvalue weighted by Crippen LogP contribution is 2.35. The Morgan fingerprint density at radius 2 is 2.00 bits per heavy atom. The van der Waals surface area contributed by atoms with E-state index in [0.717, 1.165) is 0 Å². The van der Waals surface area contributed by atoms with E-state index in [4.69, 9.17) is 13.9 Å². The lowest BCUT2D eigenvalue weighted by molar-refractivity contribution is -0.156. The van der Waals surface area contributed by atoms with E-state index in [1.807, 2.05) is 0 Å². The van der Waals surface area contributed by atoms with Crippen LogP contribution in [0.15, 0.2) is 33.5 Å². The van der Waals surface area contributed by atoms with Crippen LogP contribution in [0.2, 0.25) is 0 Å². The number of hydrogen-bond acceptors (Lipinski definition) is 9. The zero-order valence-corrected chi connectivity index (χ0v) is 15.4. The zero-order chi connectivity index (χ0) is 20.7. The van der Waals surface area contributed by atoms with E-state index < -0.39 is 40.8 Å². The largest absolute Gasteiger partial charge is 0.502 e. The first-order valence-corrected chi connectivity index (χ1v) is 8.72. The van der Waals surface area contributed by atoms with Crippen molar-refractivity contribution in [3.05, 3.63) is 34.7 Å². The van der Waals surface area contributed by atoms with Gasteiger partial charge in [0.25, 0.3) is 0 Å². The molecule has 0 bridgehead atoms. The van der Waals surface area contributed by atoms with Gasteiger partial charge in [-0.2, -0.15) is 0 Å². The van der Waals surface area contributed by atoms with Crippen molar-refractivity contribution >= 4 is 16.9 Å². The summed E-state index contributed by atoms with van der Waals surface area (Å²) in [4.78, 5) is 22.9. The predicted octanol–water partition coefficient (Wildman–Crippen LogP) is 0.446. The van der Waals surface area contributed by atoms with E-state index >= 15 is 0 Å². The summed E-state index contributed by atoms with van der Waals surface area (Å²) in [6.45, 7) is 2.28. The third-order valence-corrected chi connectivity index (χ3v) is 4.82. The summed E-state index contributed by atoms with van der Waals surface area (Å²) in [5, 5.41) is 41.4. The Morgan fingerprint density at radius 3 is 2.64 bits per heavy atom. The smallest absolute Gasteiger partial charge is 0.338 e. The number of phenols is 1. The minimum absolute atomic E-state index is 0.0000555. The number of aliphatic hydroxyl groups excluding tert-OH is 1. The Kier molecular flexibility index (Phi) is 5.09. The number of cyclic esters (lactones) is 1. The van der Waals surface area contributed by atoms with E-state index in [-0.39, 0.29) is 30.8 Å². The third-order valence-electron chi connectivity index (χ3n) is 4.82. The fraction of sp³-hybridized carbons (Fsp3) is 0.474. The van der Waals surface area contributed by atoms with Crippen LogP contribution in [-0.2, 0) is 9.53 Å². The van der Waals surface area contributed by atoms with E-state index in [0.29, 0.717) is 5.39 Å². The lowest BCUT2D eigenvalue weighted by atomic mass is 9.89. The zero-order valence-electron chi connectivity index (χ0n) is 15.4. The van der Waals surface area contributed by atoms with E-state index in [1.165, 1.54) is 32.0 Å². The highest BCUT2D eigenvalue weighted by molar-refractivity contribution is 5.84. The summed E-state index contributed by atoms with van der Waals surface area (Å²) in [7, 11) is 0. The molecule has 4 N–H and O–H groups in total. The van der Waals surface area contributed by atoms with Gasteiger partial charge >= 0.3 is 11.6 Å². The van der Waals surface area contributed by atoms with E-state index in [2.05, 4.69) is 0 Å². The molecular weight excluding hydrogens is 372 g/mol. The molecule has 28 heavy (non-hydrogen) atoms. The number of aliphatic hydroxyl groups is 3. The van der Waals surface area contributed by atoms with Crippen molar-refractivity contribution in [1.82, 2.24) is 0 Å². The Morgan fingerprint density at radius 1 is 1.32 bits per heavy atom. The minimum atomic E-state index is -1.69. The van der Waals surface area contributed by atoms with Crippen molar-refractivity contribution < 1.29 is 39.1 Å². The number of fused-ring (bicyclic) bond motifs is 1. The van der Waals surface area contributed by atoms with Crippen molar-refractivity contribution in [1.29, 1.82) is 0 Å². The molecule has 4 atom stereocenters. The summed E-state index contributed by atoms with van der Waals surface area (Å²) < 4.78 is 15.4. The van der Waals surface area contributed by atoms with Crippen molar-refractivity contribution in [3.63, 3.8) is 0 Å². The molecule has 1 aromatic carbocycles. The molecule has 0 unspecified atom stereocenters. The first-order valence-electron chi connectivity index (χ1n) is 8.72. The molecule has 1 aliphatic rings. The number of rotatable bonds is 6. The van der Waals surface area contributed by atoms with Gasteiger partial charge in [0.05, 0.1) is 5.60 Å². The molecule has 0 spiro atoms. The lowest BCUT2D eigenvalue weighted by Gasteiger charge is -2.30. The van der Waals surface area contributed by atoms with Crippen molar-refractivity contribution in [2.24, 2.45) is 0 Å². The van der Waals surface area contributed by atoms with E-state index in [1.54, 1.807) is 6.07 Å². The van der Waals surface area contributed by atoms with Gasteiger partial charge in [0.2, 0.25) is 5.75 Å². The SMILES string of the molecule is C[C@@]1(O)C[C@@H](C[C@@](C)(O)[C@H](O)COc2ccc3ccc(=O)oc3c2O)OC1=O. The van der Waals surface area contributed by atoms with Gasteiger partial charge in [0, 0.05) is 24.3 Å². The van der Waals surface area contributed by atoms with Gasteiger partial charge in [-0.25, -0.2) is 9.59 Å². The molecule has 1 saturated heterocycles. The maximum absolute atomic E-state index is 11.5. The van der Waals surface area contributed by atoms with Crippen LogP contribution in [0.3, 0.4) is 0 Å². The average Bonchev–Trinajstić information content (AvgIpc) is 2.85. The molecule has 1 aliphatic heterocycles. The van der Waals surface area contributed by atoms with Crippen molar-refractivity contribution in [2.45, 2.75) is 50.1 Å². The number of phenolic OH excluding ortho intramolecular Hbond substituents is 1. The number of carbonyl (C=O) groups excluding carboxylic acids is 1. The molecule has 0 aliphatic carbocycles. The van der Waals surface area contributed by atoms with Gasteiger partial charge < -0.3 is 34.3 Å². The number of esters is 1. The first-order chi connectivity index (χ1) is 13.0. The summed E-state index contributed by atoms with van der Waals surface area (Å²) >= 11 is 0. The summed E-state index contributed by atoms with van der Waals surface area (Å²) in [6.07, 6.45) is -2.26. The fourth-order valence-electron chi connectivity index (χ4n) is 3.12. The van der Waals surface area contributed by atoms with Crippen LogP contribution in [0, 0.1) is 0 Å². The molecule has 0 amide bonds. The van der Waals surface area contributed by atoms with Gasteiger partial charge in [-0.05, 0) is 32.0 Å². The van der Waals surface area contributed by atoms with Crippen molar-refractivity contribution in [2.75, 3.05) is 6.61 Å². The number of benzene rings is 1. The van der Waals surface area contributed by atoms with Gasteiger partial charge in [0.15, 0.2) is 16.9 Å². The summed E-state index contributed by atoms with van der Waals surface area (Å²) in [5.74, 6) is -1.21. The fourth-order valence-corrected chi connectivity index (χ4v) is 3.12. The van der Waals surface area contributed by atoms with Crippen LogP contribution in [0.4, 0.5) is 0 Å². The summed E-state index contributed by atoms with van der Waals surface area (Å²) in [6, 6.07) is 5.71. The molecule has 0 radical (unpaired) electrons. The molecule has 0 saturated carbocycles. The molecule has 1 fully saturated rings. The minimum Gasteiger partial charge on any atom is -0.502 e. The van der Waals surface area contributed by atoms with Gasteiger partial charge in [-0.1, -0.05) is 0 Å². The van der Waals surface area contributed by atoms with E-state index in [9.17, 15) is 30.0 Å². The van der Waals surface area contributed by atoms with Gasteiger partial charge in [-0.15, -0.1) is 0 Å².